The topological polar surface area (TPSA) is 101 Å². The van der Waals surface area contributed by atoms with Gasteiger partial charge in [-0.25, -0.2) is 19.9 Å². The molecule has 2 aliphatic carbocycles. The number of rotatable bonds is 5. The number of anilines is 1. The zero-order valence-electron chi connectivity index (χ0n) is 18.9. The van der Waals surface area contributed by atoms with E-state index in [0.717, 1.165) is 92.9 Å². The molecule has 0 bridgehead atoms. The van der Waals surface area contributed by atoms with Crippen LogP contribution in [0.4, 0.5) is 5.82 Å². The second-order valence-corrected chi connectivity index (χ2v) is 11.7. The van der Waals surface area contributed by atoms with E-state index in [1.807, 2.05) is 0 Å². The molecule has 2 saturated carbocycles. The molecule has 2 aromatic rings. The van der Waals surface area contributed by atoms with Crippen molar-refractivity contribution in [2.24, 2.45) is 0 Å². The third-order valence-corrected chi connectivity index (χ3v) is 9.25. The van der Waals surface area contributed by atoms with Gasteiger partial charge in [0.1, 0.15) is 22.4 Å². The average molecular weight is 490 g/mol. The highest BCUT2D eigenvalue weighted by atomic mass is 35.5. The summed E-state index contributed by atoms with van der Waals surface area (Å²) in [6, 6.07) is 0. The van der Waals surface area contributed by atoms with E-state index in [2.05, 4.69) is 15.3 Å². The van der Waals surface area contributed by atoms with Crippen molar-refractivity contribution in [2.45, 2.75) is 92.9 Å². The molecule has 0 spiro atoms. The predicted molar refractivity (Wildman–Crippen MR) is 129 cm³/mol. The summed E-state index contributed by atoms with van der Waals surface area (Å²) < 4.78 is 13.1. The normalized spacial score (nSPS) is 27.0. The summed E-state index contributed by atoms with van der Waals surface area (Å²) in [4.78, 5) is 19.7. The lowest BCUT2D eigenvalue weighted by atomic mass is 9.77. The van der Waals surface area contributed by atoms with Gasteiger partial charge in [-0.05, 0) is 64.2 Å². The molecular weight excluding hydrogens is 458 g/mol. The number of fused-ring (bicyclic) bond motifs is 1. The lowest BCUT2D eigenvalue weighted by Crippen LogP contribution is -2.49. The molecule has 5 rings (SSSR count). The molecule has 7 nitrogen and oxygen atoms in total. The van der Waals surface area contributed by atoms with E-state index < -0.39 is 10.8 Å². The minimum Gasteiger partial charge on any atom is -0.394 e. The monoisotopic (exact) mass is 489 g/mol. The third-order valence-electron chi connectivity index (χ3n) is 7.51. The number of aliphatic hydroxyl groups excluding tert-OH is 1. The largest absolute Gasteiger partial charge is 0.394 e. The smallest absolute Gasteiger partial charge is 0.146 e. The van der Waals surface area contributed by atoms with E-state index in [9.17, 15) is 9.32 Å². The molecule has 1 aliphatic heterocycles. The zero-order valence-corrected chi connectivity index (χ0v) is 20.5. The van der Waals surface area contributed by atoms with Crippen LogP contribution in [0.5, 0.6) is 0 Å². The van der Waals surface area contributed by atoms with Gasteiger partial charge in [-0.2, -0.15) is 0 Å². The fourth-order valence-corrected chi connectivity index (χ4v) is 6.84. The van der Waals surface area contributed by atoms with Gasteiger partial charge < -0.3 is 10.4 Å². The lowest BCUT2D eigenvalue weighted by Gasteiger charge is -2.42. The fourth-order valence-electron chi connectivity index (χ4n) is 5.35. The van der Waals surface area contributed by atoms with E-state index in [4.69, 9.17) is 21.6 Å². The molecule has 33 heavy (non-hydrogen) atoms. The molecule has 3 atom stereocenters. The minimum absolute atomic E-state index is 0.0694. The number of nitrogens with zero attached hydrogens (tertiary/aromatic N) is 4. The summed E-state index contributed by atoms with van der Waals surface area (Å²) in [5.74, 6) is 3.67. The molecule has 0 aromatic carbocycles. The van der Waals surface area contributed by atoms with Crippen LogP contribution in [0.1, 0.15) is 93.4 Å². The van der Waals surface area contributed by atoms with E-state index in [1.165, 1.54) is 0 Å². The first-order chi connectivity index (χ1) is 16.1. The Morgan fingerprint density at radius 3 is 2.39 bits per heavy atom. The van der Waals surface area contributed by atoms with Crippen molar-refractivity contribution in [1.29, 1.82) is 0 Å². The van der Waals surface area contributed by atoms with Gasteiger partial charge >= 0.3 is 0 Å². The van der Waals surface area contributed by atoms with Crippen LogP contribution in [-0.4, -0.2) is 47.2 Å². The van der Waals surface area contributed by atoms with Crippen LogP contribution in [0.3, 0.4) is 0 Å². The Morgan fingerprint density at radius 2 is 1.73 bits per heavy atom. The van der Waals surface area contributed by atoms with Crippen LogP contribution in [0.25, 0.3) is 0 Å². The van der Waals surface area contributed by atoms with Crippen molar-refractivity contribution in [3.63, 3.8) is 0 Å². The Morgan fingerprint density at radius 1 is 1.00 bits per heavy atom. The Bertz CT molecular complexity index is 1010. The SMILES string of the molecule is O=S1CCCCc2nc(C3CCCC(c4ncc(Cl)cn4)CC3)nc(NC3(CO)CCC3)c21. The molecule has 178 valence electrons. The molecule has 0 radical (unpaired) electrons. The number of aryl methyl sites for hydroxylation is 1. The average Bonchev–Trinajstić information content (AvgIpc) is 3.15. The quantitative estimate of drug-likeness (QED) is 0.595. The van der Waals surface area contributed by atoms with Gasteiger partial charge in [0.15, 0.2) is 0 Å². The van der Waals surface area contributed by atoms with Gasteiger partial charge in [0, 0.05) is 30.0 Å². The number of aromatic nitrogens is 4. The van der Waals surface area contributed by atoms with Crippen LogP contribution >= 0.6 is 11.6 Å². The third kappa shape index (κ3) is 4.93. The molecule has 0 saturated heterocycles. The number of nitrogens with one attached hydrogen (secondary N) is 1. The Kier molecular flexibility index (Phi) is 6.95. The van der Waals surface area contributed by atoms with Gasteiger partial charge in [-0.15, -0.1) is 0 Å². The van der Waals surface area contributed by atoms with Crippen molar-refractivity contribution in [1.82, 2.24) is 19.9 Å². The molecule has 0 amide bonds. The van der Waals surface area contributed by atoms with Crippen molar-refractivity contribution < 1.29 is 9.32 Å². The maximum Gasteiger partial charge on any atom is 0.146 e. The summed E-state index contributed by atoms with van der Waals surface area (Å²) in [5.41, 5.74) is 0.601. The van der Waals surface area contributed by atoms with Crippen molar-refractivity contribution in [3.8, 4) is 0 Å². The summed E-state index contributed by atoms with van der Waals surface area (Å²) in [5, 5.41) is 14.1. The van der Waals surface area contributed by atoms with Crippen LogP contribution in [-0.2, 0) is 17.2 Å². The molecular formula is C24H32ClN5O2S. The number of hydrogen-bond acceptors (Lipinski definition) is 7. The highest BCUT2D eigenvalue weighted by Crippen LogP contribution is 2.40. The Balaban J connectivity index is 1.43. The van der Waals surface area contributed by atoms with E-state index in [0.29, 0.717) is 22.5 Å². The first kappa shape index (κ1) is 23.1. The highest BCUT2D eigenvalue weighted by molar-refractivity contribution is 7.85. The first-order valence-corrected chi connectivity index (χ1v) is 13.9. The molecule has 3 unspecified atom stereocenters. The number of halogens is 1. The van der Waals surface area contributed by atoms with Crippen molar-refractivity contribution >= 4 is 28.2 Å². The summed E-state index contributed by atoms with van der Waals surface area (Å²) in [6.07, 6.45) is 14.2. The van der Waals surface area contributed by atoms with E-state index in [1.54, 1.807) is 12.4 Å². The van der Waals surface area contributed by atoms with Gasteiger partial charge in [0.05, 0.1) is 33.7 Å². The maximum absolute atomic E-state index is 13.1. The zero-order chi connectivity index (χ0) is 22.8. The van der Waals surface area contributed by atoms with Crippen LogP contribution in [0.2, 0.25) is 5.02 Å². The molecule has 2 fully saturated rings. The first-order valence-electron chi connectivity index (χ1n) is 12.2. The number of aliphatic hydroxyl groups is 1. The summed E-state index contributed by atoms with van der Waals surface area (Å²) in [6.45, 7) is 0.0694. The predicted octanol–water partition coefficient (Wildman–Crippen LogP) is 4.52. The lowest BCUT2D eigenvalue weighted by molar-refractivity contribution is 0.143. The maximum atomic E-state index is 13.1. The van der Waals surface area contributed by atoms with Gasteiger partial charge in [-0.3, -0.25) is 4.21 Å². The second-order valence-electron chi connectivity index (χ2n) is 9.79. The summed E-state index contributed by atoms with van der Waals surface area (Å²) >= 11 is 5.97. The standard InChI is InChI=1S/C24H32ClN5O2S/c25-18-13-26-21(27-14-18)16-5-3-6-17(9-8-16)22-28-19-7-1-2-12-33(32)20(19)23(29-22)30-24(15-31)10-4-11-24/h13-14,16-17,31H,1-12,15H2,(H,28,29,30). The second kappa shape index (κ2) is 9.92. The highest BCUT2D eigenvalue weighted by Gasteiger charge is 2.38. The molecule has 2 N–H and O–H groups in total. The Hall–Kier alpha value is -1.64. The van der Waals surface area contributed by atoms with Gasteiger partial charge in [0.25, 0.3) is 0 Å². The van der Waals surface area contributed by atoms with E-state index >= 15 is 0 Å². The molecule has 3 heterocycles. The number of hydrogen-bond donors (Lipinski definition) is 2. The van der Waals surface area contributed by atoms with Gasteiger partial charge in [0.2, 0.25) is 0 Å². The van der Waals surface area contributed by atoms with Gasteiger partial charge in [-0.1, -0.05) is 18.0 Å². The van der Waals surface area contributed by atoms with Crippen LogP contribution in [0, 0.1) is 0 Å². The molecule has 9 heteroatoms. The summed E-state index contributed by atoms with van der Waals surface area (Å²) in [7, 11) is -1.10. The van der Waals surface area contributed by atoms with Crippen molar-refractivity contribution in [2.75, 3.05) is 17.7 Å². The molecule has 2 aromatic heterocycles. The van der Waals surface area contributed by atoms with Crippen LogP contribution in [0.15, 0.2) is 17.3 Å². The Labute approximate surface area is 202 Å². The van der Waals surface area contributed by atoms with Crippen LogP contribution < -0.4 is 5.32 Å². The minimum atomic E-state index is -1.10. The fraction of sp³-hybridized carbons (Fsp3) is 0.667. The van der Waals surface area contributed by atoms with Crippen molar-refractivity contribution in [3.05, 3.63) is 34.8 Å². The molecule has 3 aliphatic rings. The van der Waals surface area contributed by atoms with E-state index in [-0.39, 0.29) is 18.1 Å².